The first kappa shape index (κ1) is 11.6. The number of nitrogens with zero attached hydrogens (tertiary/aromatic N) is 1. The third-order valence-corrected chi connectivity index (χ3v) is 3.53. The van der Waals surface area contributed by atoms with Crippen LogP contribution in [0.25, 0.3) is 0 Å². The molecule has 0 aliphatic heterocycles. The summed E-state index contributed by atoms with van der Waals surface area (Å²) in [5.41, 5.74) is 2.39. The standard InChI is InChI=1S/C12H13BrN2S/c1-8-7-14-12(16)15(8)9(2)10-4-3-5-11(13)6-10/h3-7,9H,1-2H3,(H,14,16). The molecule has 2 aromatic rings. The van der Waals surface area contributed by atoms with Crippen molar-refractivity contribution in [2.24, 2.45) is 0 Å². The maximum atomic E-state index is 5.28. The summed E-state index contributed by atoms with van der Waals surface area (Å²) in [6.07, 6.45) is 1.94. The zero-order valence-electron chi connectivity index (χ0n) is 9.20. The number of aryl methyl sites for hydroxylation is 1. The molecule has 0 fully saturated rings. The second-order valence-electron chi connectivity index (χ2n) is 3.84. The fraction of sp³-hybridized carbons (Fsp3) is 0.250. The predicted octanol–water partition coefficient (Wildman–Crippen LogP) is 4.23. The minimum atomic E-state index is 0.247. The molecule has 1 unspecified atom stereocenters. The monoisotopic (exact) mass is 296 g/mol. The summed E-state index contributed by atoms with van der Waals surface area (Å²) in [7, 11) is 0. The van der Waals surface area contributed by atoms with E-state index in [4.69, 9.17) is 12.2 Å². The van der Waals surface area contributed by atoms with E-state index in [2.05, 4.69) is 51.5 Å². The maximum absolute atomic E-state index is 5.28. The van der Waals surface area contributed by atoms with E-state index < -0.39 is 0 Å². The average molecular weight is 297 g/mol. The van der Waals surface area contributed by atoms with Gasteiger partial charge in [-0.2, -0.15) is 0 Å². The van der Waals surface area contributed by atoms with Gasteiger partial charge in [-0.3, -0.25) is 0 Å². The summed E-state index contributed by atoms with van der Waals surface area (Å²) >= 11 is 8.77. The van der Waals surface area contributed by atoms with Crippen LogP contribution in [0.4, 0.5) is 0 Å². The molecular formula is C12H13BrN2S. The molecule has 0 bridgehead atoms. The minimum absolute atomic E-state index is 0.247. The molecule has 0 spiro atoms. The molecule has 84 valence electrons. The molecule has 1 atom stereocenters. The van der Waals surface area contributed by atoms with Crippen LogP contribution in [0, 0.1) is 11.7 Å². The number of aromatic nitrogens is 2. The Labute approximate surface area is 108 Å². The van der Waals surface area contributed by atoms with Crippen molar-refractivity contribution in [1.82, 2.24) is 9.55 Å². The van der Waals surface area contributed by atoms with Gasteiger partial charge < -0.3 is 9.55 Å². The number of hydrogen-bond donors (Lipinski definition) is 1. The molecular weight excluding hydrogens is 284 g/mol. The summed E-state index contributed by atoms with van der Waals surface area (Å²) in [6.45, 7) is 4.21. The molecule has 2 nitrogen and oxygen atoms in total. The van der Waals surface area contributed by atoms with E-state index in [1.807, 2.05) is 18.3 Å². The van der Waals surface area contributed by atoms with E-state index in [1.165, 1.54) is 5.56 Å². The van der Waals surface area contributed by atoms with Gasteiger partial charge in [0.25, 0.3) is 0 Å². The highest BCUT2D eigenvalue weighted by atomic mass is 79.9. The van der Waals surface area contributed by atoms with E-state index in [0.29, 0.717) is 0 Å². The van der Waals surface area contributed by atoms with Crippen LogP contribution in [0.15, 0.2) is 34.9 Å². The first-order chi connectivity index (χ1) is 7.59. The lowest BCUT2D eigenvalue weighted by Crippen LogP contribution is -2.08. The quantitative estimate of drug-likeness (QED) is 0.823. The lowest BCUT2D eigenvalue weighted by Gasteiger charge is -2.16. The van der Waals surface area contributed by atoms with Crippen LogP contribution < -0.4 is 0 Å². The Hall–Kier alpha value is -0.870. The van der Waals surface area contributed by atoms with Gasteiger partial charge in [0.1, 0.15) is 0 Å². The molecule has 0 radical (unpaired) electrons. The molecule has 1 heterocycles. The zero-order valence-corrected chi connectivity index (χ0v) is 11.6. The third-order valence-electron chi connectivity index (χ3n) is 2.72. The van der Waals surface area contributed by atoms with Crippen LogP contribution in [-0.2, 0) is 0 Å². The number of H-pyrrole nitrogens is 1. The van der Waals surface area contributed by atoms with Gasteiger partial charge in [0, 0.05) is 16.4 Å². The van der Waals surface area contributed by atoms with E-state index >= 15 is 0 Å². The molecule has 0 saturated heterocycles. The van der Waals surface area contributed by atoms with Crippen LogP contribution in [0.1, 0.15) is 24.2 Å². The number of imidazole rings is 1. The molecule has 1 N–H and O–H groups in total. The maximum Gasteiger partial charge on any atom is 0.177 e. The highest BCUT2D eigenvalue weighted by molar-refractivity contribution is 9.10. The summed E-state index contributed by atoms with van der Waals surface area (Å²) < 4.78 is 3.98. The third kappa shape index (κ3) is 2.13. The molecule has 1 aromatic heterocycles. The normalized spacial score (nSPS) is 12.7. The Balaban J connectivity index is 2.47. The number of hydrogen-bond acceptors (Lipinski definition) is 1. The first-order valence-electron chi connectivity index (χ1n) is 5.11. The molecule has 0 saturated carbocycles. The van der Waals surface area contributed by atoms with Gasteiger partial charge in [0.05, 0.1) is 6.04 Å². The van der Waals surface area contributed by atoms with Crippen molar-refractivity contribution in [2.45, 2.75) is 19.9 Å². The number of halogens is 1. The smallest absolute Gasteiger partial charge is 0.177 e. The lowest BCUT2D eigenvalue weighted by molar-refractivity contribution is 0.614. The van der Waals surface area contributed by atoms with Crippen molar-refractivity contribution in [3.05, 3.63) is 51.0 Å². The van der Waals surface area contributed by atoms with E-state index in [-0.39, 0.29) is 6.04 Å². The van der Waals surface area contributed by atoms with Gasteiger partial charge in [0.2, 0.25) is 0 Å². The summed E-state index contributed by atoms with van der Waals surface area (Å²) in [6, 6.07) is 8.56. The molecule has 1 aromatic carbocycles. The molecule has 0 amide bonds. The lowest BCUT2D eigenvalue weighted by atomic mass is 10.1. The topological polar surface area (TPSA) is 20.7 Å². The summed E-state index contributed by atoms with van der Waals surface area (Å²) in [5, 5.41) is 0. The van der Waals surface area contributed by atoms with Crippen LogP contribution in [0.5, 0.6) is 0 Å². The van der Waals surface area contributed by atoms with Crippen LogP contribution in [0.2, 0.25) is 0 Å². The summed E-state index contributed by atoms with van der Waals surface area (Å²) in [5.74, 6) is 0. The largest absolute Gasteiger partial charge is 0.337 e. The van der Waals surface area contributed by atoms with Crippen molar-refractivity contribution >= 4 is 28.1 Å². The van der Waals surface area contributed by atoms with Crippen molar-refractivity contribution in [3.63, 3.8) is 0 Å². The molecule has 0 aliphatic rings. The first-order valence-corrected chi connectivity index (χ1v) is 6.31. The van der Waals surface area contributed by atoms with Crippen molar-refractivity contribution in [2.75, 3.05) is 0 Å². The van der Waals surface area contributed by atoms with Gasteiger partial charge in [-0.25, -0.2) is 0 Å². The van der Waals surface area contributed by atoms with E-state index in [9.17, 15) is 0 Å². The van der Waals surface area contributed by atoms with Crippen LogP contribution in [0.3, 0.4) is 0 Å². The van der Waals surface area contributed by atoms with Crippen LogP contribution >= 0.6 is 28.1 Å². The van der Waals surface area contributed by atoms with Crippen molar-refractivity contribution in [3.8, 4) is 0 Å². The zero-order chi connectivity index (χ0) is 11.7. The summed E-state index contributed by atoms with van der Waals surface area (Å²) in [4.78, 5) is 3.07. The highest BCUT2D eigenvalue weighted by Crippen LogP contribution is 2.22. The Bertz CT molecular complexity index is 556. The molecule has 0 aliphatic carbocycles. The second-order valence-corrected chi connectivity index (χ2v) is 5.14. The van der Waals surface area contributed by atoms with Crippen LogP contribution in [-0.4, -0.2) is 9.55 Å². The Morgan fingerprint density at radius 3 is 2.75 bits per heavy atom. The number of aromatic amines is 1. The Kier molecular flexibility index (Phi) is 3.30. The van der Waals surface area contributed by atoms with Gasteiger partial charge in [-0.15, -0.1) is 0 Å². The number of benzene rings is 1. The average Bonchev–Trinajstić information content (AvgIpc) is 2.58. The SMILES string of the molecule is Cc1c[nH]c(=S)n1C(C)c1cccc(Br)c1. The predicted molar refractivity (Wildman–Crippen MR) is 72.3 cm³/mol. The van der Waals surface area contributed by atoms with E-state index in [0.717, 1.165) is 14.9 Å². The van der Waals surface area contributed by atoms with Crippen molar-refractivity contribution < 1.29 is 0 Å². The highest BCUT2D eigenvalue weighted by Gasteiger charge is 2.10. The molecule has 4 heteroatoms. The Morgan fingerprint density at radius 1 is 1.44 bits per heavy atom. The van der Waals surface area contributed by atoms with Gasteiger partial charge in [-0.1, -0.05) is 28.1 Å². The second kappa shape index (κ2) is 4.55. The van der Waals surface area contributed by atoms with Gasteiger partial charge in [0.15, 0.2) is 4.77 Å². The number of nitrogens with one attached hydrogen (secondary N) is 1. The number of rotatable bonds is 2. The van der Waals surface area contributed by atoms with Gasteiger partial charge >= 0.3 is 0 Å². The fourth-order valence-electron chi connectivity index (χ4n) is 1.86. The Morgan fingerprint density at radius 2 is 2.19 bits per heavy atom. The molecule has 16 heavy (non-hydrogen) atoms. The molecule has 2 rings (SSSR count). The van der Waals surface area contributed by atoms with Gasteiger partial charge in [-0.05, 0) is 43.8 Å². The fourth-order valence-corrected chi connectivity index (χ4v) is 2.64. The minimum Gasteiger partial charge on any atom is -0.337 e. The van der Waals surface area contributed by atoms with E-state index in [1.54, 1.807) is 0 Å². The van der Waals surface area contributed by atoms with Crippen molar-refractivity contribution in [1.29, 1.82) is 0 Å².